The fraction of sp³-hybridized carbons (Fsp3) is 0.933. The van der Waals surface area contributed by atoms with Gasteiger partial charge in [0, 0.05) is 43.1 Å². The third-order valence-electron chi connectivity index (χ3n) is 5.02. The molecule has 1 heterocycles. The third kappa shape index (κ3) is 2.93. The number of carbonyl (C=O) groups is 1. The van der Waals surface area contributed by atoms with E-state index < -0.39 is 0 Å². The molecule has 0 spiro atoms. The van der Waals surface area contributed by atoms with E-state index in [0.29, 0.717) is 24.6 Å². The van der Waals surface area contributed by atoms with Crippen LogP contribution in [0.1, 0.15) is 34.1 Å². The van der Waals surface area contributed by atoms with Crippen molar-refractivity contribution in [2.24, 2.45) is 11.3 Å². The van der Waals surface area contributed by atoms with Crippen LogP contribution in [0.3, 0.4) is 0 Å². The smallest absolute Gasteiger partial charge is 0.315 e. The summed E-state index contributed by atoms with van der Waals surface area (Å²) in [5, 5.41) is 6.09. The molecule has 0 aromatic rings. The Morgan fingerprint density at radius 3 is 2.80 bits per heavy atom. The molecule has 0 unspecified atom stereocenters. The van der Waals surface area contributed by atoms with E-state index in [2.05, 4.69) is 50.3 Å². The molecular formula is C15H29N3O2. The third-order valence-corrected chi connectivity index (χ3v) is 5.02. The Balaban J connectivity index is 1.72. The van der Waals surface area contributed by atoms with Crippen molar-refractivity contribution in [1.82, 2.24) is 15.5 Å². The fourth-order valence-electron chi connectivity index (χ4n) is 3.41. The Bertz CT molecular complexity index is 357. The Labute approximate surface area is 122 Å². The van der Waals surface area contributed by atoms with E-state index in [-0.39, 0.29) is 17.5 Å². The molecule has 0 aromatic heterocycles. The Morgan fingerprint density at radius 1 is 1.45 bits per heavy atom. The molecule has 2 fully saturated rings. The SMILES string of the molecule is CC(C)N(C)CCNC(=O)N[C@@H]1[C@@H]2CCO[C@H]2C1(C)C. The number of fused-ring (bicyclic) bond motifs is 1. The van der Waals surface area contributed by atoms with Gasteiger partial charge < -0.3 is 20.3 Å². The van der Waals surface area contributed by atoms with Gasteiger partial charge in [0.15, 0.2) is 0 Å². The Hall–Kier alpha value is -0.810. The summed E-state index contributed by atoms with van der Waals surface area (Å²) < 4.78 is 5.74. The van der Waals surface area contributed by atoms with Crippen LogP contribution in [0.25, 0.3) is 0 Å². The molecule has 2 N–H and O–H groups in total. The molecule has 1 saturated carbocycles. The normalized spacial score (nSPS) is 31.1. The van der Waals surface area contributed by atoms with E-state index in [1.807, 2.05) is 0 Å². The molecule has 1 aliphatic carbocycles. The molecule has 2 amide bonds. The number of nitrogens with one attached hydrogen (secondary N) is 2. The number of hydrogen-bond acceptors (Lipinski definition) is 3. The van der Waals surface area contributed by atoms with E-state index in [0.717, 1.165) is 19.6 Å². The van der Waals surface area contributed by atoms with Crippen LogP contribution < -0.4 is 10.6 Å². The van der Waals surface area contributed by atoms with E-state index in [9.17, 15) is 4.79 Å². The van der Waals surface area contributed by atoms with Crippen LogP contribution in [0.4, 0.5) is 4.79 Å². The lowest BCUT2D eigenvalue weighted by atomic mass is 9.57. The summed E-state index contributed by atoms with van der Waals surface area (Å²) >= 11 is 0. The summed E-state index contributed by atoms with van der Waals surface area (Å²) in [6, 6.07) is 0.685. The minimum Gasteiger partial charge on any atom is -0.377 e. The van der Waals surface area contributed by atoms with Crippen molar-refractivity contribution >= 4 is 6.03 Å². The number of urea groups is 1. The zero-order valence-corrected chi connectivity index (χ0v) is 13.4. The highest BCUT2D eigenvalue weighted by Gasteiger charge is 2.59. The van der Waals surface area contributed by atoms with Crippen molar-refractivity contribution in [2.75, 3.05) is 26.7 Å². The first-order valence-corrected chi connectivity index (χ1v) is 7.70. The first-order valence-electron chi connectivity index (χ1n) is 7.70. The predicted octanol–water partition coefficient (Wildman–Crippen LogP) is 1.44. The van der Waals surface area contributed by atoms with Crippen LogP contribution in [-0.4, -0.2) is 55.9 Å². The average Bonchev–Trinajstić information content (AvgIpc) is 2.82. The van der Waals surface area contributed by atoms with Gasteiger partial charge in [-0.05, 0) is 27.3 Å². The molecule has 2 aliphatic rings. The van der Waals surface area contributed by atoms with Crippen LogP contribution in [-0.2, 0) is 4.74 Å². The summed E-state index contributed by atoms with van der Waals surface area (Å²) in [4.78, 5) is 14.2. The lowest BCUT2D eigenvalue weighted by Crippen LogP contribution is -2.67. The first kappa shape index (κ1) is 15.6. The molecule has 2 rings (SSSR count). The first-order chi connectivity index (χ1) is 9.34. The molecule has 3 atom stereocenters. The summed E-state index contributed by atoms with van der Waals surface area (Å²) in [6.07, 6.45) is 1.38. The van der Waals surface area contributed by atoms with Crippen LogP contribution in [0.5, 0.6) is 0 Å². The van der Waals surface area contributed by atoms with Gasteiger partial charge in [0.05, 0.1) is 6.10 Å². The lowest BCUT2D eigenvalue weighted by molar-refractivity contribution is -0.108. The summed E-state index contributed by atoms with van der Waals surface area (Å²) in [6.45, 7) is 11.0. The van der Waals surface area contributed by atoms with Gasteiger partial charge >= 0.3 is 6.03 Å². The second-order valence-corrected chi connectivity index (χ2v) is 7.02. The van der Waals surface area contributed by atoms with Crippen molar-refractivity contribution in [3.63, 3.8) is 0 Å². The van der Waals surface area contributed by atoms with E-state index in [1.54, 1.807) is 0 Å². The highest BCUT2D eigenvalue weighted by Crippen LogP contribution is 2.51. The second-order valence-electron chi connectivity index (χ2n) is 7.02. The Morgan fingerprint density at radius 2 is 2.15 bits per heavy atom. The zero-order valence-electron chi connectivity index (χ0n) is 13.4. The van der Waals surface area contributed by atoms with E-state index >= 15 is 0 Å². The standard InChI is InChI=1S/C15H29N3O2/c1-10(2)18(5)8-7-16-14(19)17-12-11-6-9-20-13(11)15(12,3)4/h10-13H,6-9H2,1-5H3,(H2,16,17,19)/t11-,12+,13+/m0/s1. The van der Waals surface area contributed by atoms with Gasteiger partial charge in [-0.2, -0.15) is 0 Å². The molecule has 5 heteroatoms. The Kier molecular flexibility index (Phi) is 4.59. The monoisotopic (exact) mass is 283 g/mol. The van der Waals surface area contributed by atoms with Crippen molar-refractivity contribution in [2.45, 2.75) is 52.3 Å². The lowest BCUT2D eigenvalue weighted by Gasteiger charge is -2.54. The number of carbonyl (C=O) groups excluding carboxylic acids is 1. The van der Waals surface area contributed by atoms with Gasteiger partial charge in [-0.15, -0.1) is 0 Å². The van der Waals surface area contributed by atoms with E-state index in [1.165, 1.54) is 0 Å². The molecule has 1 saturated heterocycles. The summed E-state index contributed by atoms with van der Waals surface area (Å²) in [5.74, 6) is 0.495. The fourth-order valence-corrected chi connectivity index (χ4v) is 3.41. The maximum Gasteiger partial charge on any atom is 0.315 e. The number of likely N-dealkylation sites (N-methyl/N-ethyl adjacent to an activating group) is 1. The number of hydrogen-bond donors (Lipinski definition) is 2. The van der Waals surface area contributed by atoms with Gasteiger partial charge in [0.2, 0.25) is 0 Å². The highest BCUT2D eigenvalue weighted by atomic mass is 16.5. The maximum absolute atomic E-state index is 12.0. The number of rotatable bonds is 5. The molecule has 116 valence electrons. The minimum atomic E-state index is -0.0504. The summed E-state index contributed by atoms with van der Waals surface area (Å²) in [5.41, 5.74) is 0.0488. The van der Waals surface area contributed by atoms with Crippen molar-refractivity contribution in [3.8, 4) is 0 Å². The molecule has 0 bridgehead atoms. The molecule has 5 nitrogen and oxygen atoms in total. The molecule has 0 radical (unpaired) electrons. The van der Waals surface area contributed by atoms with Crippen molar-refractivity contribution < 1.29 is 9.53 Å². The second kappa shape index (κ2) is 5.90. The van der Waals surface area contributed by atoms with Gasteiger partial charge in [0.25, 0.3) is 0 Å². The van der Waals surface area contributed by atoms with Crippen LogP contribution in [0.15, 0.2) is 0 Å². The zero-order chi connectivity index (χ0) is 14.9. The predicted molar refractivity (Wildman–Crippen MR) is 79.7 cm³/mol. The number of amides is 2. The maximum atomic E-state index is 12.0. The summed E-state index contributed by atoms with van der Waals surface area (Å²) in [7, 11) is 2.07. The van der Waals surface area contributed by atoms with E-state index in [4.69, 9.17) is 4.74 Å². The van der Waals surface area contributed by atoms with Crippen LogP contribution >= 0.6 is 0 Å². The van der Waals surface area contributed by atoms with Crippen molar-refractivity contribution in [1.29, 1.82) is 0 Å². The minimum absolute atomic E-state index is 0.0488. The van der Waals surface area contributed by atoms with Crippen molar-refractivity contribution in [3.05, 3.63) is 0 Å². The largest absolute Gasteiger partial charge is 0.377 e. The number of ether oxygens (including phenoxy) is 1. The van der Waals surface area contributed by atoms with Gasteiger partial charge in [-0.1, -0.05) is 13.8 Å². The van der Waals surface area contributed by atoms with Gasteiger partial charge in [-0.25, -0.2) is 4.79 Å². The molecular weight excluding hydrogens is 254 g/mol. The van der Waals surface area contributed by atoms with Crippen LogP contribution in [0.2, 0.25) is 0 Å². The topological polar surface area (TPSA) is 53.6 Å². The van der Waals surface area contributed by atoms with Crippen LogP contribution in [0, 0.1) is 11.3 Å². The number of nitrogens with zero attached hydrogens (tertiary/aromatic N) is 1. The van der Waals surface area contributed by atoms with Gasteiger partial charge in [-0.3, -0.25) is 0 Å². The highest BCUT2D eigenvalue weighted by molar-refractivity contribution is 5.74. The molecule has 1 aliphatic heterocycles. The average molecular weight is 283 g/mol. The molecule has 0 aromatic carbocycles. The van der Waals surface area contributed by atoms with Gasteiger partial charge in [0.1, 0.15) is 0 Å². The quantitative estimate of drug-likeness (QED) is 0.803. The molecule has 20 heavy (non-hydrogen) atoms.